The first-order valence-corrected chi connectivity index (χ1v) is 5.51. The van der Waals surface area contributed by atoms with Gasteiger partial charge in [0.2, 0.25) is 0 Å². The first-order valence-electron chi connectivity index (χ1n) is 4.72. The van der Waals surface area contributed by atoms with E-state index in [2.05, 4.69) is 22.7 Å². The van der Waals surface area contributed by atoms with Crippen LogP contribution in [0.5, 0.6) is 5.75 Å². The molecule has 1 rings (SSSR count). The summed E-state index contributed by atoms with van der Waals surface area (Å²) in [6.07, 6.45) is 5.06. The Balaban J connectivity index is 2.73. The molecule has 0 amide bonds. The zero-order valence-corrected chi connectivity index (χ0v) is 10.8. The number of nitrogens with zero attached hydrogens (tertiary/aromatic N) is 1. The molecule has 0 aromatic heterocycles. The molecule has 0 aliphatic heterocycles. The van der Waals surface area contributed by atoms with Gasteiger partial charge in [0.15, 0.2) is 5.11 Å². The van der Waals surface area contributed by atoms with Crippen LogP contribution < -0.4 is 15.9 Å². The number of thiocarbonyl (C=S) groups is 1. The third kappa shape index (κ3) is 4.84. The lowest BCUT2D eigenvalue weighted by Crippen LogP contribution is -2.23. The number of ether oxygens (including phenoxy) is 1. The molecule has 1 aromatic rings. The Labute approximate surface area is 110 Å². The molecular formula is C11H12ClN3OS. The van der Waals surface area contributed by atoms with E-state index in [1.807, 2.05) is 6.08 Å². The number of hydrazone groups is 1. The van der Waals surface area contributed by atoms with Crippen LogP contribution in [0.1, 0.15) is 5.56 Å². The molecule has 17 heavy (non-hydrogen) atoms. The first-order chi connectivity index (χ1) is 8.13. The summed E-state index contributed by atoms with van der Waals surface area (Å²) in [5, 5.41) is 4.52. The molecule has 4 nitrogen and oxygen atoms in total. The molecule has 3 N–H and O–H groups in total. The predicted octanol–water partition coefficient (Wildman–Crippen LogP) is 2.18. The van der Waals surface area contributed by atoms with Gasteiger partial charge in [-0.25, -0.2) is 0 Å². The van der Waals surface area contributed by atoms with Gasteiger partial charge >= 0.3 is 0 Å². The van der Waals surface area contributed by atoms with Gasteiger partial charge < -0.3 is 10.5 Å². The van der Waals surface area contributed by atoms with Crippen LogP contribution in [-0.4, -0.2) is 18.4 Å². The quantitative estimate of drug-likeness (QED) is 0.500. The van der Waals surface area contributed by atoms with Crippen LogP contribution in [0.15, 0.2) is 29.4 Å². The highest BCUT2D eigenvalue weighted by Crippen LogP contribution is 2.23. The zero-order valence-electron chi connectivity index (χ0n) is 9.18. The fraction of sp³-hybridized carbons (Fsp3) is 0.0909. The Morgan fingerprint density at radius 1 is 1.59 bits per heavy atom. The van der Waals surface area contributed by atoms with E-state index in [1.54, 1.807) is 31.4 Å². The van der Waals surface area contributed by atoms with E-state index in [9.17, 15) is 0 Å². The number of rotatable bonds is 4. The third-order valence-electron chi connectivity index (χ3n) is 1.80. The van der Waals surface area contributed by atoms with Crippen molar-refractivity contribution < 1.29 is 4.74 Å². The molecule has 0 aliphatic carbocycles. The number of nitrogens with one attached hydrogen (secondary N) is 1. The lowest BCUT2D eigenvalue weighted by molar-refractivity contribution is 0.414. The molecule has 0 heterocycles. The molecule has 0 spiro atoms. The van der Waals surface area contributed by atoms with Crippen LogP contribution in [0.4, 0.5) is 0 Å². The normalized spacial score (nSPS) is 10.9. The van der Waals surface area contributed by atoms with Gasteiger partial charge in [0.05, 0.1) is 7.11 Å². The highest BCUT2D eigenvalue weighted by Gasteiger charge is 1.99. The number of benzene rings is 1. The summed E-state index contributed by atoms with van der Waals surface area (Å²) in [5.41, 5.74) is 8.50. The number of halogens is 1. The number of methoxy groups -OCH3 is 1. The van der Waals surface area contributed by atoms with Crippen molar-refractivity contribution in [2.75, 3.05) is 7.11 Å². The summed E-state index contributed by atoms with van der Waals surface area (Å²) < 4.78 is 5.18. The molecule has 0 radical (unpaired) electrons. The minimum atomic E-state index is 0.120. The van der Waals surface area contributed by atoms with Crippen LogP contribution in [0.2, 0.25) is 5.02 Å². The van der Waals surface area contributed by atoms with Gasteiger partial charge in [-0.2, -0.15) is 5.10 Å². The van der Waals surface area contributed by atoms with Crippen LogP contribution in [0.3, 0.4) is 0 Å². The van der Waals surface area contributed by atoms with E-state index in [-0.39, 0.29) is 5.11 Å². The van der Waals surface area contributed by atoms with Gasteiger partial charge in [-0.05, 0) is 42.6 Å². The Bertz CT molecular complexity index is 460. The van der Waals surface area contributed by atoms with Gasteiger partial charge in [0, 0.05) is 16.8 Å². The number of hydrogen-bond donors (Lipinski definition) is 2. The highest BCUT2D eigenvalue weighted by atomic mass is 35.5. The molecular weight excluding hydrogens is 258 g/mol. The van der Waals surface area contributed by atoms with Crippen molar-refractivity contribution in [2.24, 2.45) is 10.8 Å². The van der Waals surface area contributed by atoms with E-state index in [0.717, 1.165) is 11.3 Å². The number of nitrogens with two attached hydrogens (primary N) is 1. The lowest BCUT2D eigenvalue weighted by atomic mass is 10.2. The van der Waals surface area contributed by atoms with E-state index in [1.165, 1.54) is 6.21 Å². The summed E-state index contributed by atoms with van der Waals surface area (Å²) in [6.45, 7) is 0. The fourth-order valence-corrected chi connectivity index (χ4v) is 1.36. The Morgan fingerprint density at radius 3 is 3.00 bits per heavy atom. The summed E-state index contributed by atoms with van der Waals surface area (Å²) in [7, 11) is 1.60. The summed E-state index contributed by atoms with van der Waals surface area (Å²) in [5.74, 6) is 0.737. The Kier molecular flexibility index (Phi) is 5.45. The SMILES string of the molecule is COc1ccc(Cl)cc1/C=C/C=N/NC(N)=S. The molecule has 0 atom stereocenters. The smallest absolute Gasteiger partial charge is 0.184 e. The number of allylic oxidation sites excluding steroid dienone is 1. The molecule has 0 unspecified atom stereocenters. The van der Waals surface area contributed by atoms with Gasteiger partial charge in [-0.3, -0.25) is 5.43 Å². The predicted molar refractivity (Wildman–Crippen MR) is 75.5 cm³/mol. The molecule has 0 saturated carbocycles. The van der Waals surface area contributed by atoms with Crippen molar-refractivity contribution >= 4 is 41.2 Å². The Morgan fingerprint density at radius 2 is 2.35 bits per heavy atom. The van der Waals surface area contributed by atoms with Gasteiger partial charge in [0.25, 0.3) is 0 Å². The van der Waals surface area contributed by atoms with Gasteiger partial charge in [-0.1, -0.05) is 11.6 Å². The minimum absolute atomic E-state index is 0.120. The lowest BCUT2D eigenvalue weighted by Gasteiger charge is -2.04. The maximum absolute atomic E-state index is 5.89. The van der Waals surface area contributed by atoms with E-state index >= 15 is 0 Å². The average Bonchev–Trinajstić information content (AvgIpc) is 2.28. The summed E-state index contributed by atoms with van der Waals surface area (Å²) >= 11 is 10.5. The summed E-state index contributed by atoms with van der Waals surface area (Å²) in [6, 6.07) is 5.36. The minimum Gasteiger partial charge on any atom is -0.496 e. The highest BCUT2D eigenvalue weighted by molar-refractivity contribution is 7.80. The van der Waals surface area contributed by atoms with Crippen LogP contribution >= 0.6 is 23.8 Å². The maximum Gasteiger partial charge on any atom is 0.184 e. The van der Waals surface area contributed by atoms with Crippen molar-refractivity contribution in [2.45, 2.75) is 0 Å². The fourth-order valence-electron chi connectivity index (χ4n) is 1.13. The van der Waals surface area contributed by atoms with Gasteiger partial charge in [0.1, 0.15) is 5.75 Å². The first kappa shape index (κ1) is 13.5. The second-order valence-electron chi connectivity index (χ2n) is 3.00. The van der Waals surface area contributed by atoms with Crippen molar-refractivity contribution in [3.05, 3.63) is 34.9 Å². The summed E-state index contributed by atoms with van der Waals surface area (Å²) in [4.78, 5) is 0. The number of hydrogen-bond acceptors (Lipinski definition) is 3. The third-order valence-corrected chi connectivity index (χ3v) is 2.13. The molecule has 0 fully saturated rings. The molecule has 0 aliphatic rings. The van der Waals surface area contributed by atoms with Crippen molar-refractivity contribution in [3.8, 4) is 5.75 Å². The molecule has 0 bridgehead atoms. The van der Waals surface area contributed by atoms with Crippen molar-refractivity contribution in [1.82, 2.24) is 5.43 Å². The Hall–Kier alpha value is -1.59. The molecule has 0 saturated heterocycles. The topological polar surface area (TPSA) is 59.6 Å². The van der Waals surface area contributed by atoms with Crippen molar-refractivity contribution in [1.29, 1.82) is 0 Å². The maximum atomic E-state index is 5.89. The second kappa shape index (κ2) is 6.88. The van der Waals surface area contributed by atoms with E-state index < -0.39 is 0 Å². The average molecular weight is 270 g/mol. The molecule has 1 aromatic carbocycles. The zero-order chi connectivity index (χ0) is 12.7. The second-order valence-corrected chi connectivity index (χ2v) is 3.88. The van der Waals surface area contributed by atoms with Crippen LogP contribution in [0.25, 0.3) is 6.08 Å². The van der Waals surface area contributed by atoms with Crippen LogP contribution in [-0.2, 0) is 0 Å². The molecule has 6 heteroatoms. The largest absolute Gasteiger partial charge is 0.496 e. The standard InChI is InChI=1S/C11H12ClN3OS/c1-16-10-5-4-9(12)7-8(10)3-2-6-14-15-11(13)17/h2-7H,1H3,(H3,13,15,17)/b3-2+,14-6+. The molecule has 90 valence electrons. The van der Waals surface area contributed by atoms with Crippen LogP contribution in [0, 0.1) is 0 Å². The van der Waals surface area contributed by atoms with Gasteiger partial charge in [-0.15, -0.1) is 0 Å². The monoisotopic (exact) mass is 269 g/mol. The van der Waals surface area contributed by atoms with E-state index in [4.69, 9.17) is 22.1 Å². The van der Waals surface area contributed by atoms with Crippen molar-refractivity contribution in [3.63, 3.8) is 0 Å². The van der Waals surface area contributed by atoms with E-state index in [0.29, 0.717) is 5.02 Å².